The van der Waals surface area contributed by atoms with Gasteiger partial charge in [-0.3, -0.25) is 0 Å². The second kappa shape index (κ2) is 2.72. The number of anilines is 1. The fourth-order valence-corrected chi connectivity index (χ4v) is 2.12. The van der Waals surface area contributed by atoms with Crippen molar-refractivity contribution < 1.29 is 0 Å². The molecular weight excluding hydrogens is 223 g/mol. The molecule has 1 atom stereocenters. The molecule has 1 aliphatic heterocycles. The van der Waals surface area contributed by atoms with Crippen LogP contribution in [0.5, 0.6) is 0 Å². The Balaban J connectivity index is 2.57. The number of hydrogen-bond acceptors (Lipinski definition) is 2. The van der Waals surface area contributed by atoms with Crippen LogP contribution in [0.25, 0.3) is 0 Å². The van der Waals surface area contributed by atoms with Crippen LogP contribution in [0.3, 0.4) is 0 Å². The summed E-state index contributed by atoms with van der Waals surface area (Å²) in [5.74, 6) is 1.09. The van der Waals surface area contributed by atoms with E-state index in [1.54, 1.807) is 0 Å². The lowest BCUT2D eigenvalue weighted by molar-refractivity contribution is 1.05. The van der Waals surface area contributed by atoms with E-state index >= 15 is 0 Å². The molecule has 0 bridgehead atoms. The van der Waals surface area contributed by atoms with Gasteiger partial charge in [-0.05, 0) is 21.9 Å². The molecule has 1 aromatic rings. The molecule has 1 aromatic heterocycles. The molecule has 1 unspecified atom stereocenters. The minimum absolute atomic E-state index is 1.05. The van der Waals surface area contributed by atoms with E-state index in [2.05, 4.69) is 35.0 Å². The summed E-state index contributed by atoms with van der Waals surface area (Å²) in [7, 11) is 2.67. The van der Waals surface area contributed by atoms with Gasteiger partial charge in [-0.15, -0.1) is 0 Å². The molecule has 0 saturated carbocycles. The van der Waals surface area contributed by atoms with Gasteiger partial charge in [0, 0.05) is 22.8 Å². The first-order valence-corrected chi connectivity index (χ1v) is 4.75. The van der Waals surface area contributed by atoms with Crippen LogP contribution in [-0.2, 0) is 6.42 Å². The Morgan fingerprint density at radius 3 is 3.18 bits per heavy atom. The van der Waals surface area contributed by atoms with Crippen molar-refractivity contribution in [3.8, 4) is 0 Å². The number of fused-ring (bicyclic) bond motifs is 1. The molecule has 0 fully saturated rings. The van der Waals surface area contributed by atoms with Gasteiger partial charge in [0.05, 0.1) is 0 Å². The van der Waals surface area contributed by atoms with E-state index in [-0.39, 0.29) is 0 Å². The van der Waals surface area contributed by atoms with Crippen LogP contribution < -0.4 is 4.67 Å². The van der Waals surface area contributed by atoms with Crippen molar-refractivity contribution >= 4 is 31.1 Å². The molecule has 2 heterocycles. The lowest BCUT2D eigenvalue weighted by Crippen LogP contribution is -2.04. The normalized spacial score (nSPS) is 15.3. The lowest BCUT2D eigenvalue weighted by Gasteiger charge is -2.09. The molecule has 0 spiro atoms. The molecule has 4 heteroatoms. The fraction of sp³-hybridized carbons (Fsp3) is 0.286. The van der Waals surface area contributed by atoms with Crippen molar-refractivity contribution in [2.45, 2.75) is 6.42 Å². The van der Waals surface area contributed by atoms with E-state index in [0.717, 1.165) is 18.8 Å². The predicted molar refractivity (Wildman–Crippen MR) is 52.7 cm³/mol. The van der Waals surface area contributed by atoms with E-state index < -0.39 is 0 Å². The first kappa shape index (κ1) is 7.51. The molecule has 58 valence electrons. The predicted octanol–water partition coefficient (Wildman–Crippen LogP) is 2.00. The van der Waals surface area contributed by atoms with Crippen LogP contribution in [0, 0.1) is 0 Å². The van der Waals surface area contributed by atoms with Gasteiger partial charge in [0.15, 0.2) is 0 Å². The van der Waals surface area contributed by atoms with Gasteiger partial charge in [0.1, 0.15) is 5.82 Å². The Labute approximate surface area is 76.4 Å². The highest BCUT2D eigenvalue weighted by Gasteiger charge is 2.18. The lowest BCUT2D eigenvalue weighted by atomic mass is 10.2. The van der Waals surface area contributed by atoms with E-state index in [9.17, 15) is 0 Å². The van der Waals surface area contributed by atoms with Gasteiger partial charge < -0.3 is 4.67 Å². The summed E-state index contributed by atoms with van der Waals surface area (Å²) in [4.78, 5) is 4.28. The summed E-state index contributed by atoms with van der Waals surface area (Å²) in [5.41, 5.74) is 1.32. The van der Waals surface area contributed by atoms with Gasteiger partial charge in [-0.2, -0.15) is 0 Å². The minimum Gasteiger partial charge on any atom is -0.341 e. The largest absolute Gasteiger partial charge is 0.341 e. The molecule has 0 amide bonds. The molecule has 0 aromatic carbocycles. The maximum absolute atomic E-state index is 4.28. The molecule has 11 heavy (non-hydrogen) atoms. The van der Waals surface area contributed by atoms with Crippen LogP contribution in [-0.4, -0.2) is 11.5 Å². The van der Waals surface area contributed by atoms with Gasteiger partial charge in [0.2, 0.25) is 0 Å². The monoisotopic (exact) mass is 230 g/mol. The zero-order valence-electron chi connectivity index (χ0n) is 5.92. The van der Waals surface area contributed by atoms with Crippen LogP contribution in [0.15, 0.2) is 16.7 Å². The summed E-state index contributed by atoms with van der Waals surface area (Å²) in [6, 6.07) is 1.99. The average Bonchev–Trinajstić information content (AvgIpc) is 2.35. The molecule has 0 saturated heterocycles. The first-order valence-electron chi connectivity index (χ1n) is 3.44. The van der Waals surface area contributed by atoms with Gasteiger partial charge in [0.25, 0.3) is 0 Å². The molecular formula is C7H8BrN2P. The maximum atomic E-state index is 4.28. The van der Waals surface area contributed by atoms with E-state index in [0.29, 0.717) is 0 Å². The van der Waals surface area contributed by atoms with Gasteiger partial charge in [-0.1, -0.05) is 15.9 Å². The maximum Gasteiger partial charge on any atom is 0.135 e. The molecule has 0 N–H and O–H groups in total. The van der Waals surface area contributed by atoms with Crippen molar-refractivity contribution in [2.24, 2.45) is 0 Å². The summed E-state index contributed by atoms with van der Waals surface area (Å²) < 4.78 is 3.27. The smallest absolute Gasteiger partial charge is 0.135 e. The van der Waals surface area contributed by atoms with E-state index in [4.69, 9.17) is 0 Å². The van der Waals surface area contributed by atoms with Gasteiger partial charge in [-0.25, -0.2) is 4.98 Å². The number of nitrogens with zero attached hydrogens (tertiary/aromatic N) is 2. The highest BCUT2D eigenvalue weighted by molar-refractivity contribution is 9.10. The minimum atomic E-state index is 1.05. The Morgan fingerprint density at radius 2 is 2.45 bits per heavy atom. The third-order valence-corrected chi connectivity index (χ3v) is 3.10. The summed E-state index contributed by atoms with van der Waals surface area (Å²) in [6.07, 6.45) is 2.92. The summed E-state index contributed by atoms with van der Waals surface area (Å²) >= 11 is 3.50. The Bertz CT molecular complexity index is 290. The molecule has 0 radical (unpaired) electrons. The third-order valence-electron chi connectivity index (χ3n) is 1.85. The quantitative estimate of drug-likeness (QED) is 0.635. The number of aromatic nitrogens is 1. The molecule has 2 nitrogen and oxygen atoms in total. The Hall–Kier alpha value is -0.140. The van der Waals surface area contributed by atoms with Crippen molar-refractivity contribution in [2.75, 3.05) is 11.2 Å². The van der Waals surface area contributed by atoms with Crippen LogP contribution in [0.1, 0.15) is 5.56 Å². The Kier molecular flexibility index (Phi) is 1.86. The van der Waals surface area contributed by atoms with Crippen molar-refractivity contribution in [3.63, 3.8) is 0 Å². The van der Waals surface area contributed by atoms with Crippen molar-refractivity contribution in [1.82, 2.24) is 4.98 Å². The number of hydrogen-bond donors (Lipinski definition) is 0. The molecule has 0 aliphatic carbocycles. The van der Waals surface area contributed by atoms with Crippen LogP contribution >= 0.6 is 25.3 Å². The third kappa shape index (κ3) is 1.17. The average molecular weight is 231 g/mol. The number of halogens is 1. The van der Waals surface area contributed by atoms with Crippen molar-refractivity contribution in [1.29, 1.82) is 0 Å². The SMILES string of the molecule is PN1CCc2c(Br)ccnc21. The second-order valence-corrected chi connectivity index (χ2v) is 4.02. The summed E-state index contributed by atoms with van der Waals surface area (Å²) in [6.45, 7) is 1.05. The number of rotatable bonds is 0. The molecule has 1 aliphatic rings. The first-order chi connectivity index (χ1) is 5.29. The van der Waals surface area contributed by atoms with E-state index in [1.165, 1.54) is 10.0 Å². The second-order valence-electron chi connectivity index (χ2n) is 2.54. The van der Waals surface area contributed by atoms with Crippen molar-refractivity contribution in [3.05, 3.63) is 22.3 Å². The zero-order chi connectivity index (χ0) is 7.84. The van der Waals surface area contributed by atoms with Gasteiger partial charge >= 0.3 is 0 Å². The van der Waals surface area contributed by atoms with Crippen LogP contribution in [0.2, 0.25) is 0 Å². The molecule has 2 rings (SSSR count). The highest BCUT2D eigenvalue weighted by Crippen LogP contribution is 2.32. The fourth-order valence-electron chi connectivity index (χ4n) is 1.28. The topological polar surface area (TPSA) is 16.1 Å². The van der Waals surface area contributed by atoms with E-state index in [1.807, 2.05) is 12.3 Å². The summed E-state index contributed by atoms with van der Waals surface area (Å²) in [5, 5.41) is 0. The standard InChI is InChI=1S/C7H8BrN2P/c8-6-1-3-9-7-5(6)2-4-10(7)11/h1,3H,2,4,11H2. The number of pyridine rings is 1. The zero-order valence-corrected chi connectivity index (χ0v) is 8.66. The highest BCUT2D eigenvalue weighted by atomic mass is 79.9. The Morgan fingerprint density at radius 1 is 1.64 bits per heavy atom. The van der Waals surface area contributed by atoms with Crippen LogP contribution in [0.4, 0.5) is 5.82 Å².